The summed E-state index contributed by atoms with van der Waals surface area (Å²) >= 11 is 0. The van der Waals surface area contributed by atoms with E-state index >= 15 is 0 Å². The Morgan fingerprint density at radius 2 is 2.47 bits per heavy atom. The van der Waals surface area contributed by atoms with Gasteiger partial charge in [-0.05, 0) is 32.4 Å². The Morgan fingerprint density at radius 3 is 3.12 bits per heavy atom. The van der Waals surface area contributed by atoms with Crippen LogP contribution in [0.3, 0.4) is 0 Å². The number of rotatable bonds is 3. The van der Waals surface area contributed by atoms with Crippen LogP contribution in [0, 0.1) is 6.92 Å². The predicted octanol–water partition coefficient (Wildman–Crippen LogP) is 0.575. The normalized spacial score (nSPS) is 18.5. The zero-order chi connectivity index (χ0) is 11.4. The molecule has 6 heteroatoms. The number of aryl methyl sites for hydroxylation is 1. The van der Waals surface area contributed by atoms with Crippen LogP contribution in [0.5, 0.6) is 0 Å². The van der Waals surface area contributed by atoms with E-state index in [2.05, 4.69) is 20.6 Å². The lowest BCUT2D eigenvalue weighted by molar-refractivity contribution is -0.122. The average molecular weight is 257 g/mol. The summed E-state index contributed by atoms with van der Waals surface area (Å²) < 4.78 is 0. The molecule has 1 aliphatic heterocycles. The van der Waals surface area contributed by atoms with Crippen molar-refractivity contribution < 1.29 is 4.79 Å². The summed E-state index contributed by atoms with van der Waals surface area (Å²) in [5, 5.41) is 6.04. The Hall–Kier alpha value is -1.20. The number of hydrogen-bond donors (Lipinski definition) is 2. The second-order valence-electron chi connectivity index (χ2n) is 3.96. The fourth-order valence-electron chi connectivity index (χ4n) is 1.81. The average Bonchev–Trinajstić information content (AvgIpc) is 2.79. The second-order valence-corrected chi connectivity index (χ2v) is 3.96. The topological polar surface area (TPSA) is 66.9 Å². The molecule has 1 aliphatic rings. The zero-order valence-corrected chi connectivity index (χ0v) is 10.6. The number of amides is 1. The highest BCUT2D eigenvalue weighted by molar-refractivity contribution is 5.85. The highest BCUT2D eigenvalue weighted by atomic mass is 35.5. The molecule has 2 N–H and O–H groups in total. The fourth-order valence-corrected chi connectivity index (χ4v) is 1.81. The molecule has 0 saturated carbocycles. The monoisotopic (exact) mass is 256 g/mol. The molecule has 0 radical (unpaired) electrons. The number of halogens is 1. The SMILES string of the molecule is Cc1nccc(CNC(=O)[C@@H]2CCCN2)n1.Cl. The molecule has 1 atom stereocenters. The van der Waals surface area contributed by atoms with Crippen LogP contribution in [0.15, 0.2) is 12.3 Å². The number of nitrogens with zero attached hydrogens (tertiary/aromatic N) is 2. The van der Waals surface area contributed by atoms with E-state index in [4.69, 9.17) is 0 Å². The van der Waals surface area contributed by atoms with Crippen LogP contribution < -0.4 is 10.6 Å². The lowest BCUT2D eigenvalue weighted by Gasteiger charge is -2.10. The molecule has 0 aromatic carbocycles. The first-order valence-electron chi connectivity index (χ1n) is 5.55. The molecule has 0 aliphatic carbocycles. The van der Waals surface area contributed by atoms with E-state index < -0.39 is 0 Å². The van der Waals surface area contributed by atoms with E-state index in [9.17, 15) is 4.79 Å². The van der Waals surface area contributed by atoms with E-state index in [1.807, 2.05) is 13.0 Å². The van der Waals surface area contributed by atoms with Crippen LogP contribution in [0.4, 0.5) is 0 Å². The maximum absolute atomic E-state index is 11.7. The van der Waals surface area contributed by atoms with Gasteiger partial charge in [0, 0.05) is 6.20 Å². The number of aromatic nitrogens is 2. The zero-order valence-electron chi connectivity index (χ0n) is 9.77. The minimum absolute atomic E-state index is 0. The molecule has 1 amide bonds. The van der Waals surface area contributed by atoms with E-state index in [0.29, 0.717) is 6.54 Å². The van der Waals surface area contributed by atoms with Crippen LogP contribution in [0.2, 0.25) is 0 Å². The van der Waals surface area contributed by atoms with Gasteiger partial charge < -0.3 is 10.6 Å². The molecule has 17 heavy (non-hydrogen) atoms. The minimum Gasteiger partial charge on any atom is -0.349 e. The predicted molar refractivity (Wildman–Crippen MR) is 66.9 cm³/mol. The number of hydrogen-bond acceptors (Lipinski definition) is 4. The second kappa shape index (κ2) is 6.51. The summed E-state index contributed by atoms with van der Waals surface area (Å²) in [5.74, 6) is 0.791. The van der Waals surface area contributed by atoms with Crippen LogP contribution in [-0.4, -0.2) is 28.5 Å². The van der Waals surface area contributed by atoms with Crippen LogP contribution in [-0.2, 0) is 11.3 Å². The third-order valence-electron chi connectivity index (χ3n) is 2.65. The molecule has 0 unspecified atom stereocenters. The molecule has 2 heterocycles. The van der Waals surface area contributed by atoms with Crippen molar-refractivity contribution in [1.82, 2.24) is 20.6 Å². The van der Waals surface area contributed by atoms with Crippen molar-refractivity contribution in [1.29, 1.82) is 0 Å². The highest BCUT2D eigenvalue weighted by Crippen LogP contribution is 2.04. The maximum Gasteiger partial charge on any atom is 0.237 e. The first kappa shape index (κ1) is 13.9. The molecule has 1 aromatic rings. The Kier molecular flexibility index (Phi) is 5.31. The van der Waals surface area contributed by atoms with E-state index in [1.54, 1.807) is 6.20 Å². The van der Waals surface area contributed by atoms with Crippen LogP contribution >= 0.6 is 12.4 Å². The van der Waals surface area contributed by atoms with Gasteiger partial charge in [-0.2, -0.15) is 0 Å². The van der Waals surface area contributed by atoms with Gasteiger partial charge in [-0.25, -0.2) is 9.97 Å². The molecule has 94 valence electrons. The molecular formula is C11H17ClN4O. The maximum atomic E-state index is 11.7. The van der Waals surface area contributed by atoms with Gasteiger partial charge in [0.2, 0.25) is 5.91 Å². The molecule has 1 aromatic heterocycles. The van der Waals surface area contributed by atoms with Crippen LogP contribution in [0.25, 0.3) is 0 Å². The largest absolute Gasteiger partial charge is 0.349 e. The van der Waals surface area contributed by atoms with Crippen molar-refractivity contribution in [3.63, 3.8) is 0 Å². The molecule has 2 rings (SSSR count). The lowest BCUT2D eigenvalue weighted by Crippen LogP contribution is -2.40. The van der Waals surface area contributed by atoms with Gasteiger partial charge in [-0.1, -0.05) is 0 Å². The summed E-state index contributed by atoms with van der Waals surface area (Å²) in [7, 11) is 0. The number of carbonyl (C=O) groups is 1. The summed E-state index contributed by atoms with van der Waals surface area (Å²) in [6, 6.07) is 1.79. The molecule has 5 nitrogen and oxygen atoms in total. The summed E-state index contributed by atoms with van der Waals surface area (Å²) in [6.07, 6.45) is 3.71. The lowest BCUT2D eigenvalue weighted by atomic mass is 10.2. The minimum atomic E-state index is -0.0251. The van der Waals surface area contributed by atoms with Crippen LogP contribution in [0.1, 0.15) is 24.4 Å². The Balaban J connectivity index is 0.00000144. The third-order valence-corrected chi connectivity index (χ3v) is 2.65. The van der Waals surface area contributed by atoms with Gasteiger partial charge in [0.25, 0.3) is 0 Å². The number of carbonyl (C=O) groups excluding carboxylic acids is 1. The third kappa shape index (κ3) is 3.94. The first-order chi connectivity index (χ1) is 7.75. The fraction of sp³-hybridized carbons (Fsp3) is 0.545. The van der Waals surface area contributed by atoms with Gasteiger partial charge in [0.15, 0.2) is 0 Å². The van der Waals surface area contributed by atoms with E-state index in [0.717, 1.165) is 30.9 Å². The van der Waals surface area contributed by atoms with Gasteiger partial charge in [0.05, 0.1) is 18.3 Å². The Bertz CT molecular complexity index is 379. The van der Waals surface area contributed by atoms with E-state index in [-0.39, 0.29) is 24.4 Å². The molecular weight excluding hydrogens is 240 g/mol. The van der Waals surface area contributed by atoms with Gasteiger partial charge in [-0.3, -0.25) is 4.79 Å². The molecule has 0 bridgehead atoms. The van der Waals surface area contributed by atoms with Gasteiger partial charge >= 0.3 is 0 Å². The van der Waals surface area contributed by atoms with Gasteiger partial charge in [0.1, 0.15) is 5.82 Å². The van der Waals surface area contributed by atoms with Crippen molar-refractivity contribution in [3.8, 4) is 0 Å². The quantitative estimate of drug-likeness (QED) is 0.830. The number of nitrogens with one attached hydrogen (secondary N) is 2. The Labute approximate surface area is 107 Å². The van der Waals surface area contributed by atoms with E-state index in [1.165, 1.54) is 0 Å². The summed E-state index contributed by atoms with van der Waals surface area (Å²) in [6.45, 7) is 3.24. The molecule has 1 saturated heterocycles. The smallest absolute Gasteiger partial charge is 0.237 e. The molecule has 1 fully saturated rings. The first-order valence-corrected chi connectivity index (χ1v) is 5.55. The summed E-state index contributed by atoms with van der Waals surface area (Å²) in [5.41, 5.74) is 0.846. The van der Waals surface area contributed by atoms with Gasteiger partial charge in [-0.15, -0.1) is 12.4 Å². The van der Waals surface area contributed by atoms with Crippen molar-refractivity contribution in [3.05, 3.63) is 23.8 Å². The van der Waals surface area contributed by atoms with Crippen molar-refractivity contribution in [2.75, 3.05) is 6.54 Å². The summed E-state index contributed by atoms with van der Waals surface area (Å²) in [4.78, 5) is 19.9. The highest BCUT2D eigenvalue weighted by Gasteiger charge is 2.21. The standard InChI is InChI=1S/C11H16N4O.ClH/c1-8-12-6-4-9(15-8)7-14-11(16)10-3-2-5-13-10;/h4,6,10,13H,2-3,5,7H2,1H3,(H,14,16);1H/t10-;/m0./s1. The Morgan fingerprint density at radius 1 is 1.65 bits per heavy atom. The van der Waals surface area contributed by atoms with Crippen molar-refractivity contribution >= 4 is 18.3 Å². The molecule has 0 spiro atoms. The van der Waals surface area contributed by atoms with Crippen molar-refractivity contribution in [2.24, 2.45) is 0 Å². The van der Waals surface area contributed by atoms with Crippen molar-refractivity contribution in [2.45, 2.75) is 32.4 Å².